The first kappa shape index (κ1) is 18.2. The van der Waals surface area contributed by atoms with Gasteiger partial charge in [-0.15, -0.1) is 0 Å². The van der Waals surface area contributed by atoms with Gasteiger partial charge in [0, 0.05) is 29.9 Å². The van der Waals surface area contributed by atoms with Crippen molar-refractivity contribution in [2.24, 2.45) is 0 Å². The van der Waals surface area contributed by atoms with Crippen molar-refractivity contribution in [3.63, 3.8) is 0 Å². The van der Waals surface area contributed by atoms with E-state index in [4.69, 9.17) is 11.6 Å². The van der Waals surface area contributed by atoms with Crippen LogP contribution in [0.25, 0.3) is 0 Å². The van der Waals surface area contributed by atoms with Crippen molar-refractivity contribution in [3.05, 3.63) is 46.9 Å². The first-order chi connectivity index (χ1) is 11.5. The lowest BCUT2D eigenvalue weighted by atomic mass is 10.2. The molecule has 0 aliphatic heterocycles. The highest BCUT2D eigenvalue weighted by atomic mass is 35.5. The van der Waals surface area contributed by atoms with E-state index in [0.29, 0.717) is 22.4 Å². The Morgan fingerprint density at radius 2 is 1.88 bits per heavy atom. The van der Waals surface area contributed by atoms with E-state index < -0.39 is 0 Å². The predicted octanol–water partition coefficient (Wildman–Crippen LogP) is 4.44. The molecule has 128 valence electrons. The average molecular weight is 347 g/mol. The van der Waals surface area contributed by atoms with E-state index in [1.165, 1.54) is 0 Å². The lowest BCUT2D eigenvalue weighted by Gasteiger charge is -2.21. The molecule has 0 aliphatic rings. The molecule has 1 N–H and O–H groups in total. The van der Waals surface area contributed by atoms with Crippen LogP contribution in [-0.2, 0) is 0 Å². The van der Waals surface area contributed by atoms with Gasteiger partial charge in [-0.05, 0) is 38.0 Å². The third kappa shape index (κ3) is 4.93. The Bertz CT molecular complexity index is 699. The molecule has 0 radical (unpaired) electrons. The van der Waals surface area contributed by atoms with Crippen LogP contribution in [0.1, 0.15) is 43.0 Å². The Morgan fingerprint density at radius 1 is 1.17 bits per heavy atom. The van der Waals surface area contributed by atoms with Crippen LogP contribution >= 0.6 is 11.6 Å². The number of hydrogen-bond donors (Lipinski definition) is 1. The molecule has 0 saturated carbocycles. The summed E-state index contributed by atoms with van der Waals surface area (Å²) in [5, 5.41) is 3.82. The highest BCUT2D eigenvalue weighted by Crippen LogP contribution is 2.20. The summed E-state index contributed by atoms with van der Waals surface area (Å²) in [5.74, 6) is 1.08. The third-order valence-corrected chi connectivity index (χ3v) is 3.66. The van der Waals surface area contributed by atoms with Crippen molar-refractivity contribution in [2.75, 3.05) is 18.4 Å². The molecule has 0 bridgehead atoms. The zero-order chi connectivity index (χ0) is 17.5. The molecule has 6 heteroatoms. The minimum Gasteiger partial charge on any atom is -0.340 e. The molecular weight excluding hydrogens is 324 g/mol. The maximum Gasteiger partial charge on any atom is 0.272 e. The van der Waals surface area contributed by atoms with E-state index >= 15 is 0 Å². The van der Waals surface area contributed by atoms with Crippen molar-refractivity contribution in [3.8, 4) is 0 Å². The molecule has 0 saturated heterocycles. The number of nitrogens with zero attached hydrogens (tertiary/aromatic N) is 3. The lowest BCUT2D eigenvalue weighted by Crippen LogP contribution is -2.33. The monoisotopic (exact) mass is 346 g/mol. The summed E-state index contributed by atoms with van der Waals surface area (Å²) in [6.07, 6.45) is 1.84. The smallest absolute Gasteiger partial charge is 0.272 e. The Morgan fingerprint density at radius 3 is 2.50 bits per heavy atom. The van der Waals surface area contributed by atoms with E-state index in [1.807, 2.05) is 17.0 Å². The van der Waals surface area contributed by atoms with Crippen LogP contribution in [0.2, 0.25) is 5.02 Å². The summed E-state index contributed by atoms with van der Waals surface area (Å²) in [7, 11) is 0. The molecular formula is C18H23ClN4O. The average Bonchev–Trinajstić information content (AvgIpc) is 2.53. The summed E-state index contributed by atoms with van der Waals surface area (Å²) >= 11 is 6.00. The molecule has 1 aromatic carbocycles. The van der Waals surface area contributed by atoms with Gasteiger partial charge in [0.2, 0.25) is 0 Å². The van der Waals surface area contributed by atoms with Crippen molar-refractivity contribution < 1.29 is 4.79 Å². The van der Waals surface area contributed by atoms with E-state index in [-0.39, 0.29) is 5.91 Å². The number of benzene rings is 1. The maximum absolute atomic E-state index is 12.7. The fourth-order valence-electron chi connectivity index (χ4n) is 2.47. The van der Waals surface area contributed by atoms with Crippen LogP contribution in [0, 0.1) is 6.92 Å². The number of aromatic nitrogens is 2. The molecule has 2 rings (SSSR count). The van der Waals surface area contributed by atoms with Crippen LogP contribution in [0.3, 0.4) is 0 Å². The number of anilines is 2. The van der Waals surface area contributed by atoms with Gasteiger partial charge in [0.15, 0.2) is 0 Å². The van der Waals surface area contributed by atoms with Gasteiger partial charge in [0.1, 0.15) is 17.3 Å². The zero-order valence-electron chi connectivity index (χ0n) is 14.3. The fourth-order valence-corrected chi connectivity index (χ4v) is 2.66. The molecule has 0 spiro atoms. The molecule has 24 heavy (non-hydrogen) atoms. The molecule has 2 aromatic rings. The van der Waals surface area contributed by atoms with Crippen molar-refractivity contribution in [1.82, 2.24) is 14.9 Å². The Labute approximate surface area is 148 Å². The maximum atomic E-state index is 12.7. The van der Waals surface area contributed by atoms with Crippen molar-refractivity contribution >= 4 is 29.0 Å². The van der Waals surface area contributed by atoms with Gasteiger partial charge in [-0.1, -0.05) is 31.5 Å². The van der Waals surface area contributed by atoms with Crippen LogP contribution in [0.15, 0.2) is 30.3 Å². The van der Waals surface area contributed by atoms with E-state index in [2.05, 4.69) is 29.1 Å². The van der Waals surface area contributed by atoms with Crippen LogP contribution in [0.5, 0.6) is 0 Å². The molecule has 5 nitrogen and oxygen atoms in total. The first-order valence-electron chi connectivity index (χ1n) is 8.21. The SMILES string of the molecule is CCCN(CCC)C(=O)c1cc(Nc2cccc(Cl)c2)nc(C)n1. The Kier molecular flexibility index (Phi) is 6.55. The number of amides is 1. The van der Waals surface area contributed by atoms with Gasteiger partial charge in [0.25, 0.3) is 5.91 Å². The van der Waals surface area contributed by atoms with E-state index in [9.17, 15) is 4.79 Å². The lowest BCUT2D eigenvalue weighted by molar-refractivity contribution is 0.0749. The van der Waals surface area contributed by atoms with Crippen molar-refractivity contribution in [1.29, 1.82) is 0 Å². The minimum atomic E-state index is -0.0571. The molecule has 0 aliphatic carbocycles. The second-order valence-corrected chi connectivity index (χ2v) is 6.05. The number of rotatable bonds is 7. The summed E-state index contributed by atoms with van der Waals surface area (Å²) in [6.45, 7) is 7.37. The number of hydrogen-bond acceptors (Lipinski definition) is 4. The van der Waals surface area contributed by atoms with Gasteiger partial charge in [-0.3, -0.25) is 4.79 Å². The summed E-state index contributed by atoms with van der Waals surface area (Å²) < 4.78 is 0. The van der Waals surface area contributed by atoms with E-state index in [0.717, 1.165) is 31.6 Å². The second kappa shape index (κ2) is 8.64. The predicted molar refractivity (Wildman–Crippen MR) is 98.0 cm³/mol. The molecule has 0 atom stereocenters. The number of carbonyl (C=O) groups is 1. The quantitative estimate of drug-likeness (QED) is 0.805. The first-order valence-corrected chi connectivity index (χ1v) is 8.58. The highest BCUT2D eigenvalue weighted by molar-refractivity contribution is 6.30. The Hall–Kier alpha value is -2.14. The Balaban J connectivity index is 2.25. The van der Waals surface area contributed by atoms with Gasteiger partial charge < -0.3 is 10.2 Å². The standard InChI is InChI=1S/C18H23ClN4O/c1-4-9-23(10-5-2)18(24)16-12-17(21-13(3)20-16)22-15-8-6-7-14(19)11-15/h6-8,11-12H,4-5,9-10H2,1-3H3,(H,20,21,22). The van der Waals surface area contributed by atoms with Crippen LogP contribution in [0.4, 0.5) is 11.5 Å². The summed E-state index contributed by atoms with van der Waals surface area (Å²) in [4.78, 5) is 23.2. The fraction of sp³-hybridized carbons (Fsp3) is 0.389. The second-order valence-electron chi connectivity index (χ2n) is 5.61. The number of halogens is 1. The largest absolute Gasteiger partial charge is 0.340 e. The van der Waals surface area contributed by atoms with Gasteiger partial charge in [0.05, 0.1) is 0 Å². The topological polar surface area (TPSA) is 58.1 Å². The summed E-state index contributed by atoms with van der Waals surface area (Å²) in [6, 6.07) is 9.05. The normalized spacial score (nSPS) is 10.5. The molecule has 1 amide bonds. The molecule has 0 fully saturated rings. The number of aryl methyl sites for hydroxylation is 1. The highest BCUT2D eigenvalue weighted by Gasteiger charge is 2.17. The third-order valence-electron chi connectivity index (χ3n) is 3.43. The molecule has 0 unspecified atom stereocenters. The van der Waals surface area contributed by atoms with Gasteiger partial charge in [-0.2, -0.15) is 0 Å². The zero-order valence-corrected chi connectivity index (χ0v) is 15.1. The summed E-state index contributed by atoms with van der Waals surface area (Å²) in [5.41, 5.74) is 1.23. The number of nitrogens with one attached hydrogen (secondary N) is 1. The van der Waals surface area contributed by atoms with E-state index in [1.54, 1.807) is 25.1 Å². The number of carbonyl (C=O) groups excluding carboxylic acids is 1. The molecule has 1 heterocycles. The molecule has 1 aromatic heterocycles. The van der Waals surface area contributed by atoms with Crippen LogP contribution < -0.4 is 5.32 Å². The van der Waals surface area contributed by atoms with Gasteiger partial charge in [-0.25, -0.2) is 9.97 Å². The van der Waals surface area contributed by atoms with Gasteiger partial charge >= 0.3 is 0 Å². The van der Waals surface area contributed by atoms with Crippen molar-refractivity contribution in [2.45, 2.75) is 33.6 Å². The minimum absolute atomic E-state index is 0.0571. The van der Waals surface area contributed by atoms with Crippen LogP contribution in [-0.4, -0.2) is 33.9 Å².